The summed E-state index contributed by atoms with van der Waals surface area (Å²) in [5.74, 6) is -0.723. The van der Waals surface area contributed by atoms with Crippen LogP contribution < -0.4 is 0 Å². The lowest BCUT2D eigenvalue weighted by Gasteiger charge is -2.24. The van der Waals surface area contributed by atoms with Crippen molar-refractivity contribution in [1.29, 1.82) is 0 Å². The molecule has 11 heteroatoms. The SMILES string of the molecule is O=C1CN(SC(Cl)(Cl)Cl)C(=S)N1C(F)(Cl)Cl. The van der Waals surface area contributed by atoms with Crippen molar-refractivity contribution in [3.63, 3.8) is 0 Å². The van der Waals surface area contributed by atoms with Gasteiger partial charge >= 0.3 is 4.71 Å². The van der Waals surface area contributed by atoms with E-state index >= 15 is 0 Å². The highest BCUT2D eigenvalue weighted by Crippen LogP contribution is 2.44. The van der Waals surface area contributed by atoms with Crippen molar-refractivity contribution in [2.75, 3.05) is 6.54 Å². The highest BCUT2D eigenvalue weighted by atomic mass is 35.6. The molecule has 0 radical (unpaired) electrons. The Balaban J connectivity index is 2.83. The normalized spacial score (nSPS) is 18.6. The Morgan fingerprint density at radius 1 is 1.31 bits per heavy atom. The predicted molar refractivity (Wildman–Crippen MR) is 69.6 cm³/mol. The van der Waals surface area contributed by atoms with Crippen molar-refractivity contribution < 1.29 is 9.18 Å². The number of nitrogens with zero attached hydrogens (tertiary/aromatic N) is 2. The Kier molecular flexibility index (Phi) is 4.73. The summed E-state index contributed by atoms with van der Waals surface area (Å²) in [4.78, 5) is 11.8. The lowest BCUT2D eigenvalue weighted by atomic mass is 10.6. The zero-order chi connectivity index (χ0) is 12.7. The number of halogens is 6. The smallest absolute Gasteiger partial charge is 0.279 e. The predicted octanol–water partition coefficient (Wildman–Crippen LogP) is 3.45. The Bertz CT molecular complexity index is 330. The zero-order valence-electron chi connectivity index (χ0n) is 7.09. The second-order valence-electron chi connectivity index (χ2n) is 2.55. The Hall–Kier alpha value is 1.09. The molecule has 1 aliphatic rings. The van der Waals surface area contributed by atoms with E-state index in [0.717, 1.165) is 4.31 Å². The molecule has 1 rings (SSSR count). The molecule has 0 spiro atoms. The molecule has 1 fully saturated rings. The number of hydrogen-bond donors (Lipinski definition) is 0. The standard InChI is InChI=1S/C5H2Cl5FN2OS2/c6-4(7,8)16-12-1-2(14)13(3(12)15)5(9,10)11/h1H2. The molecule has 0 saturated carbocycles. The molecule has 0 bridgehead atoms. The summed E-state index contributed by atoms with van der Waals surface area (Å²) < 4.78 is 9.69. The maximum absolute atomic E-state index is 13.2. The quantitative estimate of drug-likeness (QED) is 0.323. The number of carbonyl (C=O) groups excluding carboxylic acids is 1. The number of carbonyl (C=O) groups is 1. The van der Waals surface area contributed by atoms with Gasteiger partial charge in [0.25, 0.3) is 9.03 Å². The fourth-order valence-electron chi connectivity index (χ4n) is 0.926. The summed E-state index contributed by atoms with van der Waals surface area (Å²) in [5.41, 5.74) is 0. The van der Waals surface area contributed by atoms with Gasteiger partial charge in [-0.05, 0) is 35.4 Å². The molecule has 16 heavy (non-hydrogen) atoms. The molecule has 0 atom stereocenters. The van der Waals surface area contributed by atoms with Crippen LogP contribution in [0.3, 0.4) is 0 Å². The van der Waals surface area contributed by atoms with E-state index in [-0.39, 0.29) is 11.7 Å². The van der Waals surface area contributed by atoms with Crippen molar-refractivity contribution >= 4 is 93.2 Å². The van der Waals surface area contributed by atoms with E-state index in [0.29, 0.717) is 16.8 Å². The minimum Gasteiger partial charge on any atom is -0.279 e. The molecule has 1 aliphatic heterocycles. The van der Waals surface area contributed by atoms with Crippen LogP contribution in [0.15, 0.2) is 0 Å². The Morgan fingerprint density at radius 2 is 1.81 bits per heavy atom. The van der Waals surface area contributed by atoms with Crippen molar-refractivity contribution in [2.45, 2.75) is 7.84 Å². The van der Waals surface area contributed by atoms with Gasteiger partial charge in [-0.15, -0.1) is 0 Å². The first-order valence-corrected chi connectivity index (χ1v) is 6.56. The van der Waals surface area contributed by atoms with E-state index in [1.54, 1.807) is 0 Å². The molecule has 1 heterocycles. The van der Waals surface area contributed by atoms with Crippen LogP contribution in [0.25, 0.3) is 0 Å². The zero-order valence-corrected chi connectivity index (χ0v) is 12.5. The lowest BCUT2D eigenvalue weighted by Crippen LogP contribution is -2.41. The van der Waals surface area contributed by atoms with E-state index < -0.39 is 13.7 Å². The molecule has 0 aliphatic carbocycles. The van der Waals surface area contributed by atoms with E-state index in [4.69, 9.17) is 70.2 Å². The average molecular weight is 366 g/mol. The average Bonchev–Trinajstić information content (AvgIpc) is 2.21. The summed E-state index contributed by atoms with van der Waals surface area (Å²) in [6.45, 7) is -0.275. The van der Waals surface area contributed by atoms with Gasteiger partial charge in [0, 0.05) is 11.9 Å². The molecule has 0 aromatic carbocycles. The third kappa shape index (κ3) is 3.80. The van der Waals surface area contributed by atoms with Gasteiger partial charge in [-0.2, -0.15) is 4.39 Å². The molecule has 1 amide bonds. The second-order valence-corrected chi connectivity index (χ2v) is 8.30. The summed E-state index contributed by atoms with van der Waals surface area (Å²) in [7, 11) is 0. The summed E-state index contributed by atoms with van der Waals surface area (Å²) in [6, 6.07) is 0. The van der Waals surface area contributed by atoms with Crippen molar-refractivity contribution in [1.82, 2.24) is 9.21 Å². The first-order valence-electron chi connectivity index (χ1n) is 3.49. The van der Waals surface area contributed by atoms with Crippen molar-refractivity contribution in [3.05, 3.63) is 0 Å². The molecule has 0 N–H and O–H groups in total. The van der Waals surface area contributed by atoms with Gasteiger partial charge in [-0.25, -0.2) is 4.90 Å². The van der Waals surface area contributed by atoms with Crippen LogP contribution in [0.4, 0.5) is 4.39 Å². The highest BCUT2D eigenvalue weighted by Gasteiger charge is 2.48. The Morgan fingerprint density at radius 3 is 2.12 bits per heavy atom. The van der Waals surface area contributed by atoms with Crippen molar-refractivity contribution in [3.8, 4) is 0 Å². The van der Waals surface area contributed by atoms with E-state index in [9.17, 15) is 9.18 Å². The van der Waals surface area contributed by atoms with Crippen LogP contribution >= 0.6 is 82.2 Å². The van der Waals surface area contributed by atoms with Crippen LogP contribution in [-0.2, 0) is 4.79 Å². The van der Waals surface area contributed by atoms with E-state index in [1.807, 2.05) is 0 Å². The molecular formula is C5H2Cl5FN2OS2. The largest absolute Gasteiger partial charge is 0.345 e. The third-order valence-electron chi connectivity index (χ3n) is 1.40. The number of hydrogen-bond acceptors (Lipinski definition) is 3. The maximum atomic E-state index is 13.2. The van der Waals surface area contributed by atoms with Gasteiger partial charge < -0.3 is 0 Å². The lowest BCUT2D eigenvalue weighted by molar-refractivity contribution is -0.127. The van der Waals surface area contributed by atoms with E-state index in [2.05, 4.69) is 0 Å². The Labute approximate surface area is 125 Å². The third-order valence-corrected chi connectivity index (χ3v) is 3.61. The molecule has 0 unspecified atom stereocenters. The number of alkyl halides is 6. The molecule has 3 nitrogen and oxygen atoms in total. The van der Waals surface area contributed by atoms with Crippen LogP contribution in [0.2, 0.25) is 0 Å². The summed E-state index contributed by atoms with van der Waals surface area (Å²) in [5, 5.41) is -0.256. The molecular weight excluding hydrogens is 364 g/mol. The molecule has 1 saturated heterocycles. The van der Waals surface area contributed by atoms with Gasteiger partial charge in [-0.3, -0.25) is 9.10 Å². The van der Waals surface area contributed by atoms with Crippen LogP contribution in [0.1, 0.15) is 0 Å². The summed E-state index contributed by atoms with van der Waals surface area (Å²) in [6.07, 6.45) is 0. The minimum absolute atomic E-state index is 0.256. The van der Waals surface area contributed by atoms with Crippen molar-refractivity contribution in [2.24, 2.45) is 0 Å². The van der Waals surface area contributed by atoms with Crippen LogP contribution in [-0.4, -0.2) is 34.6 Å². The van der Waals surface area contributed by atoms with E-state index in [1.165, 1.54) is 0 Å². The van der Waals surface area contributed by atoms with Crippen LogP contribution in [0, 0.1) is 0 Å². The van der Waals surface area contributed by atoms with Gasteiger partial charge in [0.05, 0.1) is 0 Å². The second kappa shape index (κ2) is 4.99. The van der Waals surface area contributed by atoms with Crippen LogP contribution in [0.5, 0.6) is 0 Å². The highest BCUT2D eigenvalue weighted by molar-refractivity contribution is 8.03. The molecule has 92 valence electrons. The maximum Gasteiger partial charge on any atom is 0.345 e. The van der Waals surface area contributed by atoms with Gasteiger partial charge in [0.2, 0.25) is 0 Å². The fraction of sp³-hybridized carbons (Fsp3) is 0.600. The minimum atomic E-state index is -2.92. The topological polar surface area (TPSA) is 23.6 Å². The first-order chi connectivity index (χ1) is 7.02. The first kappa shape index (κ1) is 15.1. The molecule has 0 aromatic rings. The van der Waals surface area contributed by atoms with Gasteiger partial charge in [0.1, 0.15) is 6.54 Å². The van der Waals surface area contributed by atoms with Gasteiger partial charge in [-0.1, -0.05) is 34.8 Å². The summed E-state index contributed by atoms with van der Waals surface area (Å²) >= 11 is 32.2. The molecule has 0 aromatic heterocycles. The number of rotatable bonds is 2. The monoisotopic (exact) mass is 364 g/mol. The number of amides is 1. The van der Waals surface area contributed by atoms with Gasteiger partial charge in [0.15, 0.2) is 5.11 Å². The number of thiocarbonyl (C=S) groups is 1. The fourth-order valence-corrected chi connectivity index (χ4v) is 3.11.